The predicted octanol–water partition coefficient (Wildman–Crippen LogP) is 1.28. The number of piperidine rings is 1. The molecule has 0 unspecified atom stereocenters. The highest BCUT2D eigenvalue weighted by Crippen LogP contribution is 2.32. The van der Waals surface area contributed by atoms with Crippen molar-refractivity contribution in [3.8, 4) is 0 Å². The number of carbonyl (C=O) groups is 3. The number of likely N-dealkylation sites (tertiary alicyclic amines) is 1. The van der Waals surface area contributed by atoms with Crippen LogP contribution in [-0.4, -0.2) is 54.6 Å². The van der Waals surface area contributed by atoms with Gasteiger partial charge in [0.15, 0.2) is 0 Å². The first-order chi connectivity index (χ1) is 11.2. The Labute approximate surface area is 143 Å². The van der Waals surface area contributed by atoms with Gasteiger partial charge in [0.1, 0.15) is 5.60 Å². The van der Waals surface area contributed by atoms with Gasteiger partial charge in [-0.1, -0.05) is 0 Å². The van der Waals surface area contributed by atoms with Crippen molar-refractivity contribution >= 4 is 17.9 Å². The van der Waals surface area contributed by atoms with E-state index in [2.05, 4.69) is 10.6 Å². The second-order valence-electron chi connectivity index (χ2n) is 7.70. The van der Waals surface area contributed by atoms with E-state index >= 15 is 0 Å². The number of ether oxygens (including phenoxy) is 1. The van der Waals surface area contributed by atoms with Crippen LogP contribution in [0.5, 0.6) is 0 Å². The van der Waals surface area contributed by atoms with Crippen LogP contribution >= 0.6 is 0 Å². The van der Waals surface area contributed by atoms with Crippen LogP contribution in [0, 0.1) is 11.8 Å². The topological polar surface area (TPSA) is 87.7 Å². The lowest BCUT2D eigenvalue weighted by Gasteiger charge is -2.32. The Kier molecular flexibility index (Phi) is 6.07. The first kappa shape index (κ1) is 18.5. The minimum Gasteiger partial charge on any atom is -0.444 e. The fourth-order valence-corrected chi connectivity index (χ4v) is 2.73. The second kappa shape index (κ2) is 7.85. The summed E-state index contributed by atoms with van der Waals surface area (Å²) < 4.78 is 5.07. The SMILES string of the molecule is CC(C)(C)OC(=O)NCC(=O)NCC1CCN(C(=O)C2CC2)CC1. The molecule has 2 N–H and O–H groups in total. The van der Waals surface area contributed by atoms with Gasteiger partial charge in [-0.3, -0.25) is 9.59 Å². The number of hydrogen-bond acceptors (Lipinski definition) is 4. The summed E-state index contributed by atoms with van der Waals surface area (Å²) in [6.45, 7) is 7.37. The predicted molar refractivity (Wildman–Crippen MR) is 89.3 cm³/mol. The van der Waals surface area contributed by atoms with E-state index in [1.165, 1.54) is 0 Å². The number of nitrogens with zero attached hydrogens (tertiary/aromatic N) is 1. The third kappa shape index (κ3) is 6.37. The lowest BCUT2D eigenvalue weighted by atomic mass is 9.96. The zero-order chi connectivity index (χ0) is 17.7. The average Bonchev–Trinajstić information content (AvgIpc) is 3.34. The largest absolute Gasteiger partial charge is 0.444 e. The molecule has 1 saturated carbocycles. The van der Waals surface area contributed by atoms with Gasteiger partial charge in [-0.25, -0.2) is 4.79 Å². The molecule has 2 rings (SSSR count). The van der Waals surface area contributed by atoms with Gasteiger partial charge in [0.25, 0.3) is 0 Å². The molecule has 24 heavy (non-hydrogen) atoms. The van der Waals surface area contributed by atoms with Crippen LogP contribution in [0.15, 0.2) is 0 Å². The van der Waals surface area contributed by atoms with Crippen LogP contribution < -0.4 is 10.6 Å². The minimum atomic E-state index is -0.593. The first-order valence-corrected chi connectivity index (χ1v) is 8.77. The fourth-order valence-electron chi connectivity index (χ4n) is 2.73. The molecule has 1 saturated heterocycles. The van der Waals surface area contributed by atoms with Crippen LogP contribution in [0.2, 0.25) is 0 Å². The quantitative estimate of drug-likeness (QED) is 0.790. The molecule has 1 aliphatic heterocycles. The summed E-state index contributed by atoms with van der Waals surface area (Å²) in [4.78, 5) is 37.2. The van der Waals surface area contributed by atoms with Crippen LogP contribution in [0.25, 0.3) is 0 Å². The van der Waals surface area contributed by atoms with Crippen LogP contribution in [0.1, 0.15) is 46.5 Å². The van der Waals surface area contributed by atoms with E-state index in [4.69, 9.17) is 4.74 Å². The molecule has 1 heterocycles. The van der Waals surface area contributed by atoms with E-state index in [1.54, 1.807) is 20.8 Å². The zero-order valence-corrected chi connectivity index (χ0v) is 14.9. The Bertz CT molecular complexity index is 475. The highest BCUT2D eigenvalue weighted by molar-refractivity contribution is 5.82. The van der Waals surface area contributed by atoms with E-state index in [-0.39, 0.29) is 18.4 Å². The second-order valence-corrected chi connectivity index (χ2v) is 7.70. The smallest absolute Gasteiger partial charge is 0.408 e. The number of alkyl carbamates (subject to hydrolysis) is 1. The molecule has 0 atom stereocenters. The molecule has 1 aliphatic carbocycles. The monoisotopic (exact) mass is 339 g/mol. The lowest BCUT2D eigenvalue weighted by Crippen LogP contribution is -2.44. The molecule has 7 nitrogen and oxygen atoms in total. The molecule has 3 amide bonds. The Hall–Kier alpha value is -1.79. The first-order valence-electron chi connectivity index (χ1n) is 8.77. The highest BCUT2D eigenvalue weighted by Gasteiger charge is 2.34. The van der Waals surface area contributed by atoms with Crippen molar-refractivity contribution in [2.75, 3.05) is 26.2 Å². The van der Waals surface area contributed by atoms with Gasteiger partial charge < -0.3 is 20.3 Å². The van der Waals surface area contributed by atoms with Gasteiger partial charge in [-0.05, 0) is 52.4 Å². The van der Waals surface area contributed by atoms with Gasteiger partial charge in [0.2, 0.25) is 11.8 Å². The van der Waals surface area contributed by atoms with Gasteiger partial charge in [0, 0.05) is 25.6 Å². The molecule has 0 aromatic rings. The molecular weight excluding hydrogens is 310 g/mol. The Balaban J connectivity index is 1.57. The number of carbonyl (C=O) groups excluding carboxylic acids is 3. The fraction of sp³-hybridized carbons (Fsp3) is 0.824. The summed E-state index contributed by atoms with van der Waals surface area (Å²) in [5.74, 6) is 0.746. The summed E-state index contributed by atoms with van der Waals surface area (Å²) in [6, 6.07) is 0. The van der Waals surface area contributed by atoms with Crippen molar-refractivity contribution in [2.45, 2.75) is 52.1 Å². The van der Waals surface area contributed by atoms with Crippen molar-refractivity contribution in [2.24, 2.45) is 11.8 Å². The van der Waals surface area contributed by atoms with E-state index in [9.17, 15) is 14.4 Å². The summed E-state index contributed by atoms with van der Waals surface area (Å²) in [5.41, 5.74) is -0.577. The van der Waals surface area contributed by atoms with Crippen molar-refractivity contribution in [1.29, 1.82) is 0 Å². The third-order valence-corrected chi connectivity index (χ3v) is 4.23. The van der Waals surface area contributed by atoms with E-state index in [0.717, 1.165) is 38.8 Å². The van der Waals surface area contributed by atoms with Crippen molar-refractivity contribution < 1.29 is 19.1 Å². The molecule has 0 aromatic heterocycles. The molecule has 2 fully saturated rings. The van der Waals surface area contributed by atoms with E-state index in [1.807, 2.05) is 4.90 Å². The highest BCUT2D eigenvalue weighted by atomic mass is 16.6. The Morgan fingerprint density at radius 2 is 1.67 bits per heavy atom. The minimum absolute atomic E-state index is 0.0894. The lowest BCUT2D eigenvalue weighted by molar-refractivity contribution is -0.134. The molecular formula is C17H29N3O4. The molecule has 0 radical (unpaired) electrons. The average molecular weight is 339 g/mol. The summed E-state index contributed by atoms with van der Waals surface area (Å²) in [5, 5.41) is 5.28. The Morgan fingerprint density at radius 1 is 1.04 bits per heavy atom. The summed E-state index contributed by atoms with van der Waals surface area (Å²) >= 11 is 0. The third-order valence-electron chi connectivity index (χ3n) is 4.23. The van der Waals surface area contributed by atoms with Gasteiger partial charge in [-0.2, -0.15) is 0 Å². The van der Waals surface area contributed by atoms with Crippen molar-refractivity contribution in [3.05, 3.63) is 0 Å². The van der Waals surface area contributed by atoms with Gasteiger partial charge >= 0.3 is 6.09 Å². The molecule has 0 bridgehead atoms. The molecule has 0 spiro atoms. The molecule has 136 valence electrons. The maximum absolute atomic E-state index is 12.0. The van der Waals surface area contributed by atoms with Crippen LogP contribution in [0.3, 0.4) is 0 Å². The normalized spacial score (nSPS) is 18.9. The summed E-state index contributed by atoms with van der Waals surface area (Å²) in [6.07, 6.45) is 3.32. The van der Waals surface area contributed by atoms with Crippen LogP contribution in [0.4, 0.5) is 4.79 Å². The molecule has 0 aromatic carbocycles. The summed E-state index contributed by atoms with van der Waals surface area (Å²) in [7, 11) is 0. The Morgan fingerprint density at radius 3 is 2.21 bits per heavy atom. The maximum Gasteiger partial charge on any atom is 0.408 e. The number of hydrogen-bond donors (Lipinski definition) is 2. The molecule has 7 heteroatoms. The molecule has 2 aliphatic rings. The van der Waals surface area contributed by atoms with E-state index < -0.39 is 11.7 Å². The maximum atomic E-state index is 12.0. The van der Waals surface area contributed by atoms with Gasteiger partial charge in [-0.15, -0.1) is 0 Å². The zero-order valence-electron chi connectivity index (χ0n) is 14.9. The number of nitrogens with one attached hydrogen (secondary N) is 2. The van der Waals surface area contributed by atoms with E-state index in [0.29, 0.717) is 18.4 Å². The standard InChI is InChI=1S/C17H29N3O4/c1-17(2,3)24-16(23)19-11-14(21)18-10-12-6-8-20(9-7-12)15(22)13-4-5-13/h12-13H,4-11H2,1-3H3,(H,18,21)(H,19,23). The van der Waals surface area contributed by atoms with Gasteiger partial charge in [0.05, 0.1) is 6.54 Å². The van der Waals surface area contributed by atoms with Crippen molar-refractivity contribution in [1.82, 2.24) is 15.5 Å². The number of amides is 3. The van der Waals surface area contributed by atoms with Crippen LogP contribution in [-0.2, 0) is 14.3 Å². The number of rotatable bonds is 5. The van der Waals surface area contributed by atoms with Crippen molar-refractivity contribution in [3.63, 3.8) is 0 Å².